The standard InChI is InChI=1S/C10H20N2O4/c1-10(2,3)16-9(13)12(11)8-6-14-4-5-15-7-8/h8H,4-7,11H2,1-3H3. The molecule has 1 fully saturated rings. The molecule has 1 aliphatic rings. The van der Waals surface area contributed by atoms with Gasteiger partial charge in [-0.2, -0.15) is 0 Å². The summed E-state index contributed by atoms with van der Waals surface area (Å²) in [5, 5.41) is 1.04. The van der Waals surface area contributed by atoms with Crippen molar-refractivity contribution in [3.8, 4) is 0 Å². The molecule has 6 nitrogen and oxygen atoms in total. The second-order valence-corrected chi connectivity index (χ2v) is 4.69. The van der Waals surface area contributed by atoms with E-state index in [1.54, 1.807) is 20.8 Å². The molecule has 0 aliphatic carbocycles. The number of hydrogen-bond donors (Lipinski definition) is 1. The van der Waals surface area contributed by atoms with Gasteiger partial charge in [-0.3, -0.25) is 0 Å². The Balaban J connectivity index is 2.48. The van der Waals surface area contributed by atoms with Crippen LogP contribution >= 0.6 is 0 Å². The molecule has 0 aromatic heterocycles. The fourth-order valence-corrected chi connectivity index (χ4v) is 1.23. The lowest BCUT2D eigenvalue weighted by molar-refractivity contribution is -0.000180. The molecule has 6 heteroatoms. The van der Waals surface area contributed by atoms with Gasteiger partial charge in [-0.15, -0.1) is 0 Å². The molecular weight excluding hydrogens is 212 g/mol. The maximum absolute atomic E-state index is 11.6. The second-order valence-electron chi connectivity index (χ2n) is 4.69. The molecule has 0 saturated carbocycles. The molecule has 0 radical (unpaired) electrons. The van der Waals surface area contributed by atoms with Gasteiger partial charge < -0.3 is 14.2 Å². The average Bonchev–Trinajstić information content (AvgIpc) is 2.41. The summed E-state index contributed by atoms with van der Waals surface area (Å²) in [6, 6.07) is -0.294. The van der Waals surface area contributed by atoms with Crippen molar-refractivity contribution in [3.05, 3.63) is 0 Å². The highest BCUT2D eigenvalue weighted by Crippen LogP contribution is 2.10. The Labute approximate surface area is 95.6 Å². The molecule has 94 valence electrons. The molecule has 1 amide bonds. The Morgan fingerprint density at radius 1 is 1.31 bits per heavy atom. The minimum absolute atomic E-state index is 0.294. The van der Waals surface area contributed by atoms with Gasteiger partial charge in [0, 0.05) is 0 Å². The van der Waals surface area contributed by atoms with Crippen LogP contribution in [-0.2, 0) is 14.2 Å². The van der Waals surface area contributed by atoms with E-state index in [-0.39, 0.29) is 6.04 Å². The number of carbonyl (C=O) groups excluding carboxylic acids is 1. The fourth-order valence-electron chi connectivity index (χ4n) is 1.23. The molecule has 0 spiro atoms. The van der Waals surface area contributed by atoms with Gasteiger partial charge in [0.2, 0.25) is 0 Å². The predicted octanol–water partition coefficient (Wildman–Crippen LogP) is 0.513. The summed E-state index contributed by atoms with van der Waals surface area (Å²) >= 11 is 0. The average molecular weight is 232 g/mol. The zero-order chi connectivity index (χ0) is 12.2. The Hall–Kier alpha value is -0.850. The predicted molar refractivity (Wildman–Crippen MR) is 57.7 cm³/mol. The van der Waals surface area contributed by atoms with Crippen LogP contribution in [0.1, 0.15) is 20.8 Å². The smallest absolute Gasteiger partial charge is 0.425 e. The van der Waals surface area contributed by atoms with E-state index in [1.807, 2.05) is 0 Å². The van der Waals surface area contributed by atoms with Gasteiger partial charge in [0.15, 0.2) is 0 Å². The summed E-state index contributed by atoms with van der Waals surface area (Å²) in [6.45, 7) is 7.17. The summed E-state index contributed by atoms with van der Waals surface area (Å²) in [5.41, 5.74) is -0.554. The van der Waals surface area contributed by atoms with Crippen LogP contribution in [0.25, 0.3) is 0 Å². The van der Waals surface area contributed by atoms with Crippen molar-refractivity contribution < 1.29 is 19.0 Å². The van der Waals surface area contributed by atoms with Gasteiger partial charge in [0.1, 0.15) is 5.60 Å². The maximum Gasteiger partial charge on any atom is 0.425 e. The Kier molecular flexibility index (Phi) is 4.52. The highest BCUT2D eigenvalue weighted by molar-refractivity contribution is 5.67. The number of amides is 1. The van der Waals surface area contributed by atoms with Crippen LogP contribution in [0.15, 0.2) is 0 Å². The minimum Gasteiger partial charge on any atom is -0.443 e. The van der Waals surface area contributed by atoms with Gasteiger partial charge in [-0.1, -0.05) is 0 Å². The SMILES string of the molecule is CC(C)(C)OC(=O)N(N)C1COCCOC1. The lowest BCUT2D eigenvalue weighted by atomic mass is 10.2. The molecule has 2 N–H and O–H groups in total. The van der Waals surface area contributed by atoms with E-state index >= 15 is 0 Å². The first-order chi connectivity index (χ1) is 7.40. The summed E-state index contributed by atoms with van der Waals surface area (Å²) in [6.07, 6.45) is -0.563. The van der Waals surface area contributed by atoms with Crippen molar-refractivity contribution in [2.45, 2.75) is 32.4 Å². The van der Waals surface area contributed by atoms with Gasteiger partial charge >= 0.3 is 6.09 Å². The Morgan fingerprint density at radius 2 is 1.81 bits per heavy atom. The number of hydrazine groups is 1. The number of ether oxygens (including phenoxy) is 3. The third kappa shape index (κ3) is 4.34. The Bertz CT molecular complexity index is 231. The van der Waals surface area contributed by atoms with Crippen molar-refractivity contribution in [2.24, 2.45) is 5.84 Å². The maximum atomic E-state index is 11.6. The molecule has 0 unspecified atom stereocenters. The first-order valence-corrected chi connectivity index (χ1v) is 5.32. The van der Waals surface area contributed by atoms with E-state index in [9.17, 15) is 4.79 Å². The van der Waals surface area contributed by atoms with Crippen molar-refractivity contribution >= 4 is 6.09 Å². The van der Waals surface area contributed by atoms with Gasteiger partial charge in [0.05, 0.1) is 32.5 Å². The van der Waals surface area contributed by atoms with Crippen LogP contribution in [0.3, 0.4) is 0 Å². The monoisotopic (exact) mass is 232 g/mol. The van der Waals surface area contributed by atoms with E-state index in [4.69, 9.17) is 20.1 Å². The molecule has 0 atom stereocenters. The van der Waals surface area contributed by atoms with E-state index in [0.29, 0.717) is 26.4 Å². The third-order valence-corrected chi connectivity index (χ3v) is 1.99. The molecule has 16 heavy (non-hydrogen) atoms. The minimum atomic E-state index is -0.563. The van der Waals surface area contributed by atoms with Crippen LogP contribution < -0.4 is 5.84 Å². The first-order valence-electron chi connectivity index (χ1n) is 5.32. The molecule has 1 aliphatic heterocycles. The largest absolute Gasteiger partial charge is 0.443 e. The topological polar surface area (TPSA) is 74.0 Å². The van der Waals surface area contributed by atoms with Crippen molar-refractivity contribution in [1.29, 1.82) is 0 Å². The summed E-state index contributed by atoms with van der Waals surface area (Å²) < 4.78 is 15.7. The molecule has 0 bridgehead atoms. The van der Waals surface area contributed by atoms with Crippen LogP contribution in [0.2, 0.25) is 0 Å². The molecule has 0 aromatic carbocycles. The first kappa shape index (κ1) is 13.2. The zero-order valence-corrected chi connectivity index (χ0v) is 10.1. The van der Waals surface area contributed by atoms with E-state index in [1.165, 1.54) is 0 Å². The van der Waals surface area contributed by atoms with Crippen molar-refractivity contribution in [2.75, 3.05) is 26.4 Å². The lowest BCUT2D eigenvalue weighted by Gasteiger charge is -2.28. The molecule has 0 aromatic rings. The molecular formula is C10H20N2O4. The lowest BCUT2D eigenvalue weighted by Crippen LogP contribution is -2.51. The van der Waals surface area contributed by atoms with Crippen molar-refractivity contribution in [1.82, 2.24) is 5.01 Å². The normalized spacial score (nSPS) is 19.0. The van der Waals surface area contributed by atoms with E-state index < -0.39 is 11.7 Å². The third-order valence-electron chi connectivity index (χ3n) is 1.99. The second kappa shape index (κ2) is 5.47. The quantitative estimate of drug-likeness (QED) is 0.405. The molecule has 1 rings (SSSR count). The van der Waals surface area contributed by atoms with E-state index in [0.717, 1.165) is 5.01 Å². The van der Waals surface area contributed by atoms with Crippen LogP contribution in [0, 0.1) is 0 Å². The number of nitrogens with zero attached hydrogens (tertiary/aromatic N) is 1. The summed E-state index contributed by atoms with van der Waals surface area (Å²) in [7, 11) is 0. The van der Waals surface area contributed by atoms with E-state index in [2.05, 4.69) is 0 Å². The van der Waals surface area contributed by atoms with Gasteiger partial charge in [-0.05, 0) is 20.8 Å². The number of rotatable bonds is 1. The highest BCUT2D eigenvalue weighted by Gasteiger charge is 2.27. The summed E-state index contributed by atoms with van der Waals surface area (Å²) in [5.74, 6) is 5.67. The van der Waals surface area contributed by atoms with Gasteiger partial charge in [0.25, 0.3) is 0 Å². The number of hydrogen-bond acceptors (Lipinski definition) is 5. The molecule has 1 heterocycles. The van der Waals surface area contributed by atoms with Crippen molar-refractivity contribution in [3.63, 3.8) is 0 Å². The van der Waals surface area contributed by atoms with Crippen LogP contribution in [0.5, 0.6) is 0 Å². The number of carbonyl (C=O) groups is 1. The fraction of sp³-hybridized carbons (Fsp3) is 0.900. The van der Waals surface area contributed by atoms with Crippen LogP contribution in [0.4, 0.5) is 4.79 Å². The van der Waals surface area contributed by atoms with Gasteiger partial charge in [-0.25, -0.2) is 15.6 Å². The van der Waals surface area contributed by atoms with Crippen LogP contribution in [-0.4, -0.2) is 49.2 Å². The molecule has 1 saturated heterocycles. The zero-order valence-electron chi connectivity index (χ0n) is 10.1. The summed E-state index contributed by atoms with van der Waals surface area (Å²) in [4.78, 5) is 11.6. The number of nitrogens with two attached hydrogens (primary N) is 1. The highest BCUT2D eigenvalue weighted by atomic mass is 16.6. The Morgan fingerprint density at radius 3 is 2.25 bits per heavy atom.